The van der Waals surface area contributed by atoms with Crippen LogP contribution in [-0.4, -0.2) is 53.6 Å². The number of nitrogens with zero attached hydrogens (tertiary/aromatic N) is 3. The van der Waals surface area contributed by atoms with Gasteiger partial charge in [0.05, 0.1) is 5.69 Å². The number of rotatable bonds is 3. The molecular weight excluding hydrogens is 230 g/mol. The van der Waals surface area contributed by atoms with Gasteiger partial charge in [-0.05, 0) is 13.8 Å². The van der Waals surface area contributed by atoms with Crippen LogP contribution in [0.5, 0.6) is 0 Å². The van der Waals surface area contributed by atoms with Gasteiger partial charge in [-0.15, -0.1) is 6.58 Å². The van der Waals surface area contributed by atoms with Crippen LogP contribution in [0.1, 0.15) is 21.8 Å². The molecule has 0 aliphatic carbocycles. The number of hydrogen-bond donors (Lipinski definition) is 0. The van der Waals surface area contributed by atoms with Crippen LogP contribution in [-0.2, 0) is 0 Å². The first-order valence-corrected chi connectivity index (χ1v) is 6.19. The highest BCUT2D eigenvalue weighted by Crippen LogP contribution is 2.16. The Labute approximate surface area is 107 Å². The summed E-state index contributed by atoms with van der Waals surface area (Å²) in [4.78, 5) is 16.5. The molecule has 1 aliphatic rings. The van der Waals surface area contributed by atoms with E-state index in [9.17, 15) is 4.79 Å². The van der Waals surface area contributed by atoms with Crippen molar-refractivity contribution in [2.45, 2.75) is 13.8 Å². The number of carbonyl (C=O) groups excluding carboxylic acids is 1. The Morgan fingerprint density at radius 1 is 1.39 bits per heavy atom. The molecule has 0 aromatic carbocycles. The molecule has 1 aromatic heterocycles. The van der Waals surface area contributed by atoms with Gasteiger partial charge in [0.2, 0.25) is 0 Å². The Bertz CT molecular complexity index is 426. The largest absolute Gasteiger partial charge is 0.361 e. The highest BCUT2D eigenvalue weighted by molar-refractivity contribution is 5.96. The normalized spacial score (nSPS) is 16.9. The van der Waals surface area contributed by atoms with Crippen LogP contribution in [0, 0.1) is 13.8 Å². The molecule has 5 nitrogen and oxygen atoms in total. The number of piperazine rings is 1. The van der Waals surface area contributed by atoms with E-state index in [-0.39, 0.29) is 5.91 Å². The molecule has 0 unspecified atom stereocenters. The fourth-order valence-corrected chi connectivity index (χ4v) is 2.26. The maximum absolute atomic E-state index is 12.4. The Kier molecular flexibility index (Phi) is 3.81. The maximum Gasteiger partial charge on any atom is 0.259 e. The van der Waals surface area contributed by atoms with E-state index in [4.69, 9.17) is 4.52 Å². The van der Waals surface area contributed by atoms with Gasteiger partial charge >= 0.3 is 0 Å². The Balaban J connectivity index is 2.02. The first kappa shape index (κ1) is 12.8. The van der Waals surface area contributed by atoms with Gasteiger partial charge in [-0.2, -0.15) is 0 Å². The van der Waals surface area contributed by atoms with Crippen molar-refractivity contribution < 1.29 is 9.32 Å². The van der Waals surface area contributed by atoms with Crippen LogP contribution in [0.15, 0.2) is 17.2 Å². The summed E-state index contributed by atoms with van der Waals surface area (Å²) in [5.41, 5.74) is 1.29. The van der Waals surface area contributed by atoms with E-state index in [1.807, 2.05) is 11.0 Å². The molecule has 0 saturated carbocycles. The van der Waals surface area contributed by atoms with Gasteiger partial charge in [0, 0.05) is 32.7 Å². The smallest absolute Gasteiger partial charge is 0.259 e. The van der Waals surface area contributed by atoms with Crippen molar-refractivity contribution in [3.63, 3.8) is 0 Å². The lowest BCUT2D eigenvalue weighted by atomic mass is 10.1. The summed E-state index contributed by atoms with van der Waals surface area (Å²) >= 11 is 0. The molecule has 0 radical (unpaired) electrons. The zero-order valence-electron chi connectivity index (χ0n) is 11.0. The zero-order chi connectivity index (χ0) is 13.1. The fraction of sp³-hybridized carbons (Fsp3) is 0.538. The fourth-order valence-electron chi connectivity index (χ4n) is 2.26. The van der Waals surface area contributed by atoms with E-state index >= 15 is 0 Å². The van der Waals surface area contributed by atoms with Crippen LogP contribution < -0.4 is 0 Å². The van der Waals surface area contributed by atoms with Crippen molar-refractivity contribution in [1.29, 1.82) is 0 Å². The molecule has 5 heteroatoms. The summed E-state index contributed by atoms with van der Waals surface area (Å²) < 4.78 is 5.05. The molecule has 1 aliphatic heterocycles. The molecule has 98 valence electrons. The lowest BCUT2D eigenvalue weighted by Crippen LogP contribution is -2.48. The second-order valence-corrected chi connectivity index (χ2v) is 4.58. The third-order valence-electron chi connectivity index (χ3n) is 3.29. The van der Waals surface area contributed by atoms with Crippen molar-refractivity contribution in [2.24, 2.45) is 0 Å². The molecule has 1 saturated heterocycles. The molecular formula is C13H19N3O2. The second kappa shape index (κ2) is 5.35. The molecule has 1 fully saturated rings. The summed E-state index contributed by atoms with van der Waals surface area (Å²) in [7, 11) is 0. The number of amides is 1. The quantitative estimate of drug-likeness (QED) is 0.756. The monoisotopic (exact) mass is 249 g/mol. The summed E-state index contributed by atoms with van der Waals surface area (Å²) in [6.07, 6.45) is 1.89. The van der Waals surface area contributed by atoms with Gasteiger partial charge < -0.3 is 9.42 Å². The van der Waals surface area contributed by atoms with Gasteiger partial charge in [-0.1, -0.05) is 11.2 Å². The third-order valence-corrected chi connectivity index (χ3v) is 3.29. The van der Waals surface area contributed by atoms with E-state index in [1.54, 1.807) is 13.8 Å². The predicted molar refractivity (Wildman–Crippen MR) is 68.5 cm³/mol. The number of aryl methyl sites for hydroxylation is 2. The summed E-state index contributed by atoms with van der Waals surface area (Å²) in [5, 5.41) is 3.83. The number of hydrogen-bond acceptors (Lipinski definition) is 4. The number of carbonyl (C=O) groups is 1. The topological polar surface area (TPSA) is 49.6 Å². The maximum atomic E-state index is 12.4. The zero-order valence-corrected chi connectivity index (χ0v) is 11.0. The van der Waals surface area contributed by atoms with E-state index in [2.05, 4.69) is 16.6 Å². The highest BCUT2D eigenvalue weighted by atomic mass is 16.5. The highest BCUT2D eigenvalue weighted by Gasteiger charge is 2.26. The van der Waals surface area contributed by atoms with E-state index < -0.39 is 0 Å². The second-order valence-electron chi connectivity index (χ2n) is 4.58. The van der Waals surface area contributed by atoms with E-state index in [1.165, 1.54) is 0 Å². The van der Waals surface area contributed by atoms with Crippen LogP contribution >= 0.6 is 0 Å². The first-order valence-electron chi connectivity index (χ1n) is 6.19. The van der Waals surface area contributed by atoms with Gasteiger partial charge in [-0.25, -0.2) is 0 Å². The standard InChI is InChI=1S/C13H19N3O2/c1-4-5-15-6-8-16(9-7-15)13(17)12-10(2)14-18-11(12)3/h4H,1,5-9H2,2-3H3. The predicted octanol–water partition coefficient (Wildman–Crippen LogP) is 1.24. The molecule has 2 rings (SSSR count). The summed E-state index contributed by atoms with van der Waals surface area (Å²) in [6.45, 7) is 11.5. The van der Waals surface area contributed by atoms with Crippen molar-refractivity contribution in [3.8, 4) is 0 Å². The molecule has 2 heterocycles. The SMILES string of the molecule is C=CCN1CCN(C(=O)c2c(C)noc2C)CC1. The Hall–Kier alpha value is -1.62. The minimum atomic E-state index is 0.0319. The van der Waals surface area contributed by atoms with Gasteiger partial charge in [0.25, 0.3) is 5.91 Å². The molecule has 0 atom stereocenters. The molecule has 0 spiro atoms. The minimum Gasteiger partial charge on any atom is -0.361 e. The summed E-state index contributed by atoms with van der Waals surface area (Å²) in [6, 6.07) is 0. The van der Waals surface area contributed by atoms with Crippen molar-refractivity contribution in [1.82, 2.24) is 15.0 Å². The average Bonchev–Trinajstić information content (AvgIpc) is 2.70. The lowest BCUT2D eigenvalue weighted by molar-refractivity contribution is 0.0648. The van der Waals surface area contributed by atoms with E-state index in [0.29, 0.717) is 17.0 Å². The van der Waals surface area contributed by atoms with Crippen LogP contribution in [0.25, 0.3) is 0 Å². The molecule has 1 amide bonds. The molecule has 18 heavy (non-hydrogen) atoms. The number of aromatic nitrogens is 1. The van der Waals surface area contributed by atoms with Crippen molar-refractivity contribution >= 4 is 5.91 Å². The summed E-state index contributed by atoms with van der Waals surface area (Å²) in [5.74, 6) is 0.635. The van der Waals surface area contributed by atoms with Crippen LogP contribution in [0.4, 0.5) is 0 Å². The third kappa shape index (κ3) is 2.46. The van der Waals surface area contributed by atoms with Gasteiger partial charge in [0.15, 0.2) is 0 Å². The van der Waals surface area contributed by atoms with Gasteiger partial charge in [-0.3, -0.25) is 9.69 Å². The molecule has 1 aromatic rings. The van der Waals surface area contributed by atoms with Gasteiger partial charge in [0.1, 0.15) is 11.3 Å². The molecule has 0 bridgehead atoms. The van der Waals surface area contributed by atoms with Crippen molar-refractivity contribution in [2.75, 3.05) is 32.7 Å². The van der Waals surface area contributed by atoms with Crippen LogP contribution in [0.2, 0.25) is 0 Å². The lowest BCUT2D eigenvalue weighted by Gasteiger charge is -2.34. The average molecular weight is 249 g/mol. The Morgan fingerprint density at radius 2 is 2.06 bits per heavy atom. The Morgan fingerprint density at radius 3 is 2.56 bits per heavy atom. The minimum absolute atomic E-state index is 0.0319. The van der Waals surface area contributed by atoms with E-state index in [0.717, 1.165) is 32.7 Å². The first-order chi connectivity index (χ1) is 8.63. The van der Waals surface area contributed by atoms with Crippen LogP contribution in [0.3, 0.4) is 0 Å². The van der Waals surface area contributed by atoms with Crippen molar-refractivity contribution in [3.05, 3.63) is 29.7 Å². The molecule has 0 N–H and O–H groups in total.